The first-order valence-electron chi connectivity index (χ1n) is 3.82. The molecule has 0 heterocycles. The zero-order chi connectivity index (χ0) is 10.0. The Labute approximate surface area is 74.1 Å². The first kappa shape index (κ1) is 9.89. The molecule has 0 aliphatic rings. The molecular formula is C9H9F3O. The van der Waals surface area contributed by atoms with Crippen LogP contribution in [0.2, 0.25) is 0 Å². The van der Waals surface area contributed by atoms with Crippen molar-refractivity contribution in [1.29, 1.82) is 0 Å². The molecule has 0 fully saturated rings. The summed E-state index contributed by atoms with van der Waals surface area (Å²) in [5.41, 5.74) is 0.107. The highest BCUT2D eigenvalue weighted by atomic mass is 19.2. The van der Waals surface area contributed by atoms with E-state index in [1.807, 2.05) is 0 Å². The van der Waals surface area contributed by atoms with E-state index in [1.165, 1.54) is 0 Å². The van der Waals surface area contributed by atoms with Crippen molar-refractivity contribution in [2.45, 2.75) is 13.3 Å². The molecule has 0 saturated carbocycles. The molecule has 13 heavy (non-hydrogen) atoms. The molecule has 0 unspecified atom stereocenters. The van der Waals surface area contributed by atoms with Crippen molar-refractivity contribution in [3.05, 3.63) is 29.1 Å². The van der Waals surface area contributed by atoms with Crippen LogP contribution in [0.25, 0.3) is 0 Å². The third-order valence-corrected chi connectivity index (χ3v) is 1.78. The van der Waals surface area contributed by atoms with Gasteiger partial charge in [0.1, 0.15) is 0 Å². The van der Waals surface area contributed by atoms with Crippen molar-refractivity contribution in [3.8, 4) is 5.75 Å². The number of benzene rings is 1. The van der Waals surface area contributed by atoms with E-state index >= 15 is 0 Å². The number of methoxy groups -OCH3 is 1. The third kappa shape index (κ3) is 1.61. The summed E-state index contributed by atoms with van der Waals surface area (Å²) in [5.74, 6) is -3.85. The standard InChI is InChI=1S/C9H9F3O/c1-3-5-4-6(10)8(12)9(13-2)7(5)11/h4H,3H2,1-2H3. The molecule has 0 N–H and O–H groups in total. The highest BCUT2D eigenvalue weighted by Gasteiger charge is 2.18. The van der Waals surface area contributed by atoms with Gasteiger partial charge < -0.3 is 4.74 Å². The van der Waals surface area contributed by atoms with Gasteiger partial charge in [-0.05, 0) is 18.1 Å². The Hall–Kier alpha value is -1.19. The first-order chi connectivity index (χ1) is 6.11. The monoisotopic (exact) mass is 190 g/mol. The Morgan fingerprint density at radius 2 is 1.85 bits per heavy atom. The number of rotatable bonds is 2. The molecule has 1 aromatic carbocycles. The molecule has 0 spiro atoms. The lowest BCUT2D eigenvalue weighted by Crippen LogP contribution is -2.00. The number of hydrogen-bond donors (Lipinski definition) is 0. The van der Waals surface area contributed by atoms with Crippen LogP contribution in [0.5, 0.6) is 5.75 Å². The largest absolute Gasteiger partial charge is 0.491 e. The molecule has 1 rings (SSSR count). The van der Waals surface area contributed by atoms with Crippen LogP contribution in [0.3, 0.4) is 0 Å². The van der Waals surface area contributed by atoms with Gasteiger partial charge in [0.2, 0.25) is 5.82 Å². The fraction of sp³-hybridized carbons (Fsp3) is 0.333. The van der Waals surface area contributed by atoms with Crippen molar-refractivity contribution in [1.82, 2.24) is 0 Å². The van der Waals surface area contributed by atoms with Gasteiger partial charge in [-0.3, -0.25) is 0 Å². The molecule has 0 amide bonds. The molecule has 0 aliphatic carbocycles. The summed E-state index contributed by atoms with van der Waals surface area (Å²) >= 11 is 0. The van der Waals surface area contributed by atoms with Gasteiger partial charge >= 0.3 is 0 Å². The van der Waals surface area contributed by atoms with E-state index in [2.05, 4.69) is 4.74 Å². The van der Waals surface area contributed by atoms with E-state index in [0.717, 1.165) is 13.2 Å². The number of halogens is 3. The van der Waals surface area contributed by atoms with Gasteiger partial charge in [-0.2, -0.15) is 4.39 Å². The normalized spacial score (nSPS) is 10.2. The summed E-state index contributed by atoms with van der Waals surface area (Å²) < 4.78 is 43.2. The van der Waals surface area contributed by atoms with Crippen LogP contribution in [0.1, 0.15) is 12.5 Å². The Balaban J connectivity index is 3.39. The fourth-order valence-corrected chi connectivity index (χ4v) is 1.07. The topological polar surface area (TPSA) is 9.23 Å². The molecule has 0 saturated heterocycles. The average Bonchev–Trinajstić information content (AvgIpc) is 2.12. The van der Waals surface area contributed by atoms with E-state index in [4.69, 9.17) is 0 Å². The molecule has 0 aliphatic heterocycles. The molecule has 0 atom stereocenters. The summed E-state index contributed by atoms with van der Waals surface area (Å²) in [6.07, 6.45) is 0.291. The van der Waals surface area contributed by atoms with Crippen LogP contribution in [-0.2, 0) is 6.42 Å². The zero-order valence-corrected chi connectivity index (χ0v) is 7.33. The average molecular weight is 190 g/mol. The Bertz CT molecular complexity index is 323. The Morgan fingerprint density at radius 3 is 2.31 bits per heavy atom. The van der Waals surface area contributed by atoms with Crippen LogP contribution in [0.15, 0.2) is 6.07 Å². The SMILES string of the molecule is CCc1cc(F)c(F)c(OC)c1F. The van der Waals surface area contributed by atoms with Crippen molar-refractivity contribution in [2.75, 3.05) is 7.11 Å². The van der Waals surface area contributed by atoms with Crippen LogP contribution >= 0.6 is 0 Å². The summed E-state index contributed by atoms with van der Waals surface area (Å²) in [4.78, 5) is 0. The summed E-state index contributed by atoms with van der Waals surface area (Å²) in [6.45, 7) is 1.65. The van der Waals surface area contributed by atoms with Gasteiger partial charge in [0.05, 0.1) is 7.11 Å². The number of aryl methyl sites for hydroxylation is 1. The van der Waals surface area contributed by atoms with E-state index in [0.29, 0.717) is 6.42 Å². The molecule has 72 valence electrons. The number of hydrogen-bond acceptors (Lipinski definition) is 1. The molecule has 0 bridgehead atoms. The van der Waals surface area contributed by atoms with Crippen LogP contribution in [0.4, 0.5) is 13.2 Å². The second kappa shape index (κ2) is 3.68. The van der Waals surface area contributed by atoms with Gasteiger partial charge in [-0.15, -0.1) is 0 Å². The predicted octanol–water partition coefficient (Wildman–Crippen LogP) is 2.67. The molecule has 4 heteroatoms. The minimum Gasteiger partial charge on any atom is -0.491 e. The Morgan fingerprint density at radius 1 is 1.23 bits per heavy atom. The molecular weight excluding hydrogens is 181 g/mol. The maximum atomic E-state index is 13.2. The molecule has 0 radical (unpaired) electrons. The second-order valence-electron chi connectivity index (χ2n) is 2.53. The maximum Gasteiger partial charge on any atom is 0.203 e. The lowest BCUT2D eigenvalue weighted by atomic mass is 10.1. The van der Waals surface area contributed by atoms with Crippen LogP contribution < -0.4 is 4.74 Å². The van der Waals surface area contributed by atoms with Gasteiger partial charge in [0, 0.05) is 0 Å². The van der Waals surface area contributed by atoms with Crippen molar-refractivity contribution in [3.63, 3.8) is 0 Å². The summed E-state index contributed by atoms with van der Waals surface area (Å²) in [6, 6.07) is 0.840. The van der Waals surface area contributed by atoms with E-state index in [-0.39, 0.29) is 5.56 Å². The predicted molar refractivity (Wildman–Crippen MR) is 42.2 cm³/mol. The van der Waals surface area contributed by atoms with Crippen LogP contribution in [-0.4, -0.2) is 7.11 Å². The molecule has 1 nitrogen and oxygen atoms in total. The van der Waals surface area contributed by atoms with E-state index in [1.54, 1.807) is 6.92 Å². The zero-order valence-electron chi connectivity index (χ0n) is 7.33. The second-order valence-corrected chi connectivity index (χ2v) is 2.53. The minimum atomic E-state index is -1.28. The summed E-state index contributed by atoms with van der Waals surface area (Å²) in [7, 11) is 1.10. The van der Waals surface area contributed by atoms with Crippen molar-refractivity contribution >= 4 is 0 Å². The highest BCUT2D eigenvalue weighted by molar-refractivity contribution is 5.33. The lowest BCUT2D eigenvalue weighted by molar-refractivity contribution is 0.344. The van der Waals surface area contributed by atoms with Gasteiger partial charge in [0.15, 0.2) is 17.4 Å². The third-order valence-electron chi connectivity index (χ3n) is 1.78. The van der Waals surface area contributed by atoms with Crippen molar-refractivity contribution < 1.29 is 17.9 Å². The molecule has 1 aromatic rings. The quantitative estimate of drug-likeness (QED) is 0.651. The summed E-state index contributed by atoms with van der Waals surface area (Å²) in [5, 5.41) is 0. The van der Waals surface area contributed by atoms with Gasteiger partial charge in [0.25, 0.3) is 0 Å². The maximum absolute atomic E-state index is 13.2. The fourth-order valence-electron chi connectivity index (χ4n) is 1.07. The Kier molecular flexibility index (Phi) is 2.80. The lowest BCUT2D eigenvalue weighted by Gasteiger charge is -2.07. The first-order valence-corrected chi connectivity index (χ1v) is 3.82. The smallest absolute Gasteiger partial charge is 0.203 e. The minimum absolute atomic E-state index is 0.107. The van der Waals surface area contributed by atoms with Gasteiger partial charge in [-0.25, -0.2) is 8.78 Å². The highest BCUT2D eigenvalue weighted by Crippen LogP contribution is 2.26. The van der Waals surface area contributed by atoms with Crippen LogP contribution in [0, 0.1) is 17.5 Å². The van der Waals surface area contributed by atoms with E-state index in [9.17, 15) is 13.2 Å². The van der Waals surface area contributed by atoms with Crippen molar-refractivity contribution in [2.24, 2.45) is 0 Å². The number of ether oxygens (including phenoxy) is 1. The van der Waals surface area contributed by atoms with Gasteiger partial charge in [-0.1, -0.05) is 6.92 Å². The van der Waals surface area contributed by atoms with E-state index < -0.39 is 23.2 Å². The molecule has 0 aromatic heterocycles.